The fourth-order valence-electron chi connectivity index (χ4n) is 1.90. The van der Waals surface area contributed by atoms with E-state index in [1.807, 2.05) is 0 Å². The van der Waals surface area contributed by atoms with Crippen molar-refractivity contribution in [1.82, 2.24) is 10.2 Å². The van der Waals surface area contributed by atoms with Crippen molar-refractivity contribution in [2.75, 3.05) is 26.7 Å². The highest BCUT2D eigenvalue weighted by molar-refractivity contribution is 5.71. The minimum atomic E-state index is -0.324. The number of carbonyl (C=O) groups excluding carboxylic acids is 1. The highest BCUT2D eigenvalue weighted by Crippen LogP contribution is 2.17. The number of carbonyl (C=O) groups is 1. The monoisotopic (exact) mass is 199 g/mol. The Balaban J connectivity index is 2.05. The number of nitrogens with one attached hydrogen (secondary N) is 1. The summed E-state index contributed by atoms with van der Waals surface area (Å²) in [6.45, 7) is 3.09. The molecule has 1 aliphatic rings. The highest BCUT2D eigenvalue weighted by Gasteiger charge is 2.12. The Morgan fingerprint density at radius 2 is 2.14 bits per heavy atom. The Bertz CT molecular complexity index is 178. The molecular weight excluding hydrogens is 178 g/mol. The molecule has 0 saturated carbocycles. The van der Waals surface area contributed by atoms with Gasteiger partial charge in [0.2, 0.25) is 0 Å². The Labute approximate surface area is 85.8 Å². The van der Waals surface area contributed by atoms with Gasteiger partial charge >= 0.3 is 6.03 Å². The zero-order chi connectivity index (χ0) is 10.4. The van der Waals surface area contributed by atoms with E-state index in [-0.39, 0.29) is 6.03 Å². The Hall–Kier alpha value is -0.770. The smallest absolute Gasteiger partial charge is 0.314 e. The summed E-state index contributed by atoms with van der Waals surface area (Å²) in [7, 11) is 1.75. The quantitative estimate of drug-likeness (QED) is 0.703. The van der Waals surface area contributed by atoms with Crippen molar-refractivity contribution in [3.05, 3.63) is 0 Å². The van der Waals surface area contributed by atoms with Crippen LogP contribution in [0.25, 0.3) is 0 Å². The molecule has 0 unspecified atom stereocenters. The fraction of sp³-hybridized carbons (Fsp3) is 0.900. The topological polar surface area (TPSA) is 58.4 Å². The van der Waals surface area contributed by atoms with Gasteiger partial charge in [0, 0.05) is 13.6 Å². The van der Waals surface area contributed by atoms with E-state index in [1.54, 1.807) is 11.9 Å². The molecule has 14 heavy (non-hydrogen) atoms. The predicted molar refractivity (Wildman–Crippen MR) is 57.0 cm³/mol. The Morgan fingerprint density at radius 1 is 1.50 bits per heavy atom. The van der Waals surface area contributed by atoms with Gasteiger partial charge in [0.05, 0.1) is 0 Å². The Kier molecular flexibility index (Phi) is 4.73. The molecule has 0 spiro atoms. The molecule has 1 saturated heterocycles. The second kappa shape index (κ2) is 5.86. The molecule has 0 aromatic heterocycles. The van der Waals surface area contributed by atoms with Crippen LogP contribution >= 0.6 is 0 Å². The maximum absolute atomic E-state index is 10.7. The largest absolute Gasteiger partial charge is 0.351 e. The van der Waals surface area contributed by atoms with E-state index >= 15 is 0 Å². The second-order valence-corrected chi connectivity index (χ2v) is 4.10. The van der Waals surface area contributed by atoms with E-state index in [4.69, 9.17) is 5.73 Å². The van der Waals surface area contributed by atoms with E-state index in [0.29, 0.717) is 0 Å². The van der Waals surface area contributed by atoms with Gasteiger partial charge in [-0.2, -0.15) is 0 Å². The predicted octanol–water partition coefficient (Wildman–Crippen LogP) is 0.777. The van der Waals surface area contributed by atoms with Crippen LogP contribution in [0.2, 0.25) is 0 Å². The van der Waals surface area contributed by atoms with Crippen molar-refractivity contribution in [3.8, 4) is 0 Å². The number of piperidine rings is 1. The summed E-state index contributed by atoms with van der Waals surface area (Å²) in [5, 5.41) is 3.35. The van der Waals surface area contributed by atoms with Crippen LogP contribution in [-0.4, -0.2) is 37.6 Å². The van der Waals surface area contributed by atoms with Crippen molar-refractivity contribution in [2.45, 2.75) is 25.7 Å². The molecule has 1 aliphatic heterocycles. The van der Waals surface area contributed by atoms with E-state index in [2.05, 4.69) is 5.32 Å². The van der Waals surface area contributed by atoms with Crippen molar-refractivity contribution >= 4 is 6.03 Å². The first kappa shape index (κ1) is 11.3. The second-order valence-electron chi connectivity index (χ2n) is 4.10. The number of urea groups is 1. The highest BCUT2D eigenvalue weighted by atomic mass is 16.2. The van der Waals surface area contributed by atoms with Gasteiger partial charge in [-0.25, -0.2) is 4.79 Å². The molecule has 0 atom stereocenters. The molecule has 3 N–H and O–H groups in total. The van der Waals surface area contributed by atoms with Crippen LogP contribution in [0.3, 0.4) is 0 Å². The third-order valence-electron chi connectivity index (χ3n) is 2.94. The van der Waals surface area contributed by atoms with Crippen molar-refractivity contribution in [2.24, 2.45) is 11.7 Å². The molecule has 1 heterocycles. The number of rotatable bonds is 4. The van der Waals surface area contributed by atoms with Crippen LogP contribution in [0.1, 0.15) is 25.7 Å². The van der Waals surface area contributed by atoms with Gasteiger partial charge in [0.1, 0.15) is 0 Å². The summed E-state index contributed by atoms with van der Waals surface area (Å²) in [4.78, 5) is 12.3. The van der Waals surface area contributed by atoms with Gasteiger partial charge in [-0.1, -0.05) is 0 Å². The molecule has 4 heteroatoms. The van der Waals surface area contributed by atoms with Crippen LogP contribution in [0.5, 0.6) is 0 Å². The lowest BCUT2D eigenvalue weighted by atomic mass is 9.93. The van der Waals surface area contributed by atoms with Crippen LogP contribution < -0.4 is 11.1 Å². The summed E-state index contributed by atoms with van der Waals surface area (Å²) < 4.78 is 0. The first-order chi connectivity index (χ1) is 6.70. The number of primary amides is 1. The summed E-state index contributed by atoms with van der Waals surface area (Å²) in [6, 6.07) is -0.324. The molecule has 4 nitrogen and oxygen atoms in total. The molecule has 0 aromatic rings. The molecule has 2 amide bonds. The Morgan fingerprint density at radius 3 is 2.71 bits per heavy atom. The molecule has 0 radical (unpaired) electrons. The van der Waals surface area contributed by atoms with Crippen LogP contribution in [0.15, 0.2) is 0 Å². The summed E-state index contributed by atoms with van der Waals surface area (Å²) >= 11 is 0. The van der Waals surface area contributed by atoms with Crippen LogP contribution in [-0.2, 0) is 0 Å². The van der Waals surface area contributed by atoms with E-state index < -0.39 is 0 Å². The maximum Gasteiger partial charge on any atom is 0.314 e. The molecular formula is C10H21N3O. The summed E-state index contributed by atoms with van der Waals surface area (Å²) in [5.74, 6) is 0.845. The number of hydrogen-bond donors (Lipinski definition) is 2. The lowest BCUT2D eigenvalue weighted by Crippen LogP contribution is -2.33. The average molecular weight is 199 g/mol. The van der Waals surface area contributed by atoms with E-state index in [1.165, 1.54) is 19.3 Å². The third-order valence-corrected chi connectivity index (χ3v) is 2.94. The van der Waals surface area contributed by atoms with Crippen molar-refractivity contribution in [3.63, 3.8) is 0 Å². The van der Waals surface area contributed by atoms with Gasteiger partial charge in [0.15, 0.2) is 0 Å². The molecule has 0 bridgehead atoms. The normalized spacial score (nSPS) is 18.1. The SMILES string of the molecule is CN(CCCC1CCNCC1)C(N)=O. The average Bonchev–Trinajstić information content (AvgIpc) is 2.19. The molecule has 1 fully saturated rings. The number of hydrogen-bond acceptors (Lipinski definition) is 2. The zero-order valence-electron chi connectivity index (χ0n) is 8.96. The van der Waals surface area contributed by atoms with Gasteiger partial charge in [-0.05, 0) is 44.7 Å². The van der Waals surface area contributed by atoms with Crippen molar-refractivity contribution in [1.29, 1.82) is 0 Å². The summed E-state index contributed by atoms with van der Waals surface area (Å²) in [5.41, 5.74) is 5.13. The van der Waals surface area contributed by atoms with Crippen LogP contribution in [0.4, 0.5) is 4.79 Å². The number of nitrogens with zero attached hydrogens (tertiary/aromatic N) is 1. The van der Waals surface area contributed by atoms with Gasteiger partial charge in [-0.15, -0.1) is 0 Å². The lowest BCUT2D eigenvalue weighted by molar-refractivity contribution is 0.215. The molecule has 82 valence electrons. The number of nitrogens with two attached hydrogens (primary N) is 1. The zero-order valence-corrected chi connectivity index (χ0v) is 8.96. The minimum absolute atomic E-state index is 0.324. The first-order valence-electron chi connectivity index (χ1n) is 5.41. The van der Waals surface area contributed by atoms with Crippen LogP contribution in [0, 0.1) is 5.92 Å². The third kappa shape index (κ3) is 3.96. The summed E-state index contributed by atoms with van der Waals surface area (Å²) in [6.07, 6.45) is 4.85. The first-order valence-corrected chi connectivity index (χ1v) is 5.41. The molecule has 0 aromatic carbocycles. The lowest BCUT2D eigenvalue weighted by Gasteiger charge is -2.23. The maximum atomic E-state index is 10.7. The fourth-order valence-corrected chi connectivity index (χ4v) is 1.90. The van der Waals surface area contributed by atoms with E-state index in [0.717, 1.165) is 32.0 Å². The van der Waals surface area contributed by atoms with Gasteiger partial charge < -0.3 is 16.0 Å². The van der Waals surface area contributed by atoms with E-state index in [9.17, 15) is 4.79 Å². The minimum Gasteiger partial charge on any atom is -0.351 e. The van der Waals surface area contributed by atoms with Crippen molar-refractivity contribution < 1.29 is 4.79 Å². The molecule has 1 rings (SSSR count). The standard InChI is InChI=1S/C10H21N3O/c1-13(10(11)14)8-2-3-9-4-6-12-7-5-9/h9,12H,2-8H2,1H3,(H2,11,14). The van der Waals surface area contributed by atoms with Gasteiger partial charge in [-0.3, -0.25) is 0 Å². The number of amides is 2. The molecule has 0 aliphatic carbocycles. The van der Waals surface area contributed by atoms with Gasteiger partial charge in [0.25, 0.3) is 0 Å².